The number of hydrogen-bond acceptors (Lipinski definition) is 4. The van der Waals surface area contributed by atoms with E-state index in [0.717, 1.165) is 12.8 Å². The first kappa shape index (κ1) is 14.1. The van der Waals surface area contributed by atoms with E-state index in [1.807, 2.05) is 0 Å². The van der Waals surface area contributed by atoms with Crippen LogP contribution in [0.1, 0.15) is 23.2 Å². The lowest BCUT2D eigenvalue weighted by Crippen LogP contribution is -2.25. The van der Waals surface area contributed by atoms with Crippen molar-refractivity contribution in [3.05, 3.63) is 23.8 Å². The third-order valence-corrected chi connectivity index (χ3v) is 4.23. The average Bonchev–Trinajstić information content (AvgIpc) is 3.10. The van der Waals surface area contributed by atoms with Crippen LogP contribution in [-0.4, -0.2) is 34.5 Å². The molecule has 1 aromatic carbocycles. The molecule has 0 heterocycles. The van der Waals surface area contributed by atoms with Crippen LogP contribution in [0.15, 0.2) is 23.1 Å². The number of anilines is 1. The van der Waals surface area contributed by atoms with Gasteiger partial charge in [-0.05, 0) is 31.0 Å². The largest absolute Gasteiger partial charge is 0.377 e. The summed E-state index contributed by atoms with van der Waals surface area (Å²) in [4.78, 5) is 13.5. The predicted octanol–water partition coefficient (Wildman–Crippen LogP) is 1.57. The summed E-state index contributed by atoms with van der Waals surface area (Å²) in [6, 6.07) is 4.71. The van der Waals surface area contributed by atoms with Crippen molar-refractivity contribution in [2.45, 2.75) is 23.8 Å². The highest BCUT2D eigenvalue weighted by Crippen LogP contribution is 2.28. The van der Waals surface area contributed by atoms with Gasteiger partial charge in [0, 0.05) is 36.4 Å². The molecule has 7 heteroatoms. The highest BCUT2D eigenvalue weighted by Gasteiger charge is 2.25. The second-order valence-electron chi connectivity index (χ2n) is 4.76. The molecule has 1 fully saturated rings. The van der Waals surface area contributed by atoms with Gasteiger partial charge in [-0.25, -0.2) is 8.42 Å². The summed E-state index contributed by atoms with van der Waals surface area (Å²) in [5.41, 5.74) is 0.759. The van der Waals surface area contributed by atoms with E-state index >= 15 is 0 Å². The summed E-state index contributed by atoms with van der Waals surface area (Å²) < 4.78 is 23.1. The van der Waals surface area contributed by atoms with Crippen LogP contribution in [0.25, 0.3) is 0 Å². The van der Waals surface area contributed by atoms with Crippen LogP contribution in [0.4, 0.5) is 5.69 Å². The number of carbonyl (C=O) groups excluding carboxylic acids is 1. The van der Waals surface area contributed by atoms with Crippen molar-refractivity contribution in [3.8, 4) is 0 Å². The molecule has 1 saturated carbocycles. The molecule has 1 aromatic rings. The Kier molecular flexibility index (Phi) is 3.73. The van der Waals surface area contributed by atoms with Crippen LogP contribution in [-0.2, 0) is 9.05 Å². The Labute approximate surface area is 117 Å². The number of benzene rings is 1. The standard InChI is InChI=1S/C12H15ClN2O3S/c1-15(2)10-6-3-8(7-11(10)19(13,17)18)12(16)14-9-4-5-9/h3,6-7,9H,4-5H2,1-2H3,(H,14,16). The molecule has 19 heavy (non-hydrogen) atoms. The van der Waals surface area contributed by atoms with Crippen molar-refractivity contribution in [1.29, 1.82) is 0 Å². The first-order chi connectivity index (χ1) is 8.79. The van der Waals surface area contributed by atoms with Gasteiger partial charge < -0.3 is 10.2 Å². The lowest BCUT2D eigenvalue weighted by molar-refractivity contribution is 0.0951. The summed E-state index contributed by atoms with van der Waals surface area (Å²) in [5, 5.41) is 2.81. The molecule has 1 aliphatic rings. The number of halogens is 1. The SMILES string of the molecule is CN(C)c1ccc(C(=O)NC2CC2)cc1S(=O)(=O)Cl. The van der Waals surface area contributed by atoms with Crippen molar-refractivity contribution in [2.75, 3.05) is 19.0 Å². The van der Waals surface area contributed by atoms with Crippen LogP contribution >= 0.6 is 10.7 Å². The zero-order valence-electron chi connectivity index (χ0n) is 10.7. The minimum Gasteiger partial charge on any atom is -0.377 e. The van der Waals surface area contributed by atoms with Crippen molar-refractivity contribution in [1.82, 2.24) is 5.32 Å². The summed E-state index contributed by atoms with van der Waals surface area (Å²) in [6.45, 7) is 0. The Balaban J connectivity index is 2.40. The molecule has 0 saturated heterocycles. The topological polar surface area (TPSA) is 66.5 Å². The van der Waals surface area contributed by atoms with Crippen LogP contribution in [0.5, 0.6) is 0 Å². The predicted molar refractivity (Wildman–Crippen MR) is 74.3 cm³/mol. The Bertz CT molecular complexity index is 609. The minimum absolute atomic E-state index is 0.0531. The van der Waals surface area contributed by atoms with Crippen molar-refractivity contribution < 1.29 is 13.2 Å². The van der Waals surface area contributed by atoms with Crippen molar-refractivity contribution >= 4 is 31.3 Å². The van der Waals surface area contributed by atoms with E-state index in [2.05, 4.69) is 5.32 Å². The van der Waals surface area contributed by atoms with E-state index in [1.165, 1.54) is 6.07 Å². The van der Waals surface area contributed by atoms with E-state index in [-0.39, 0.29) is 16.8 Å². The Morgan fingerprint density at radius 1 is 1.37 bits per heavy atom. The van der Waals surface area contributed by atoms with Crippen LogP contribution in [0, 0.1) is 0 Å². The van der Waals surface area contributed by atoms with Gasteiger partial charge >= 0.3 is 0 Å². The number of nitrogens with zero attached hydrogens (tertiary/aromatic N) is 1. The van der Waals surface area contributed by atoms with E-state index in [9.17, 15) is 13.2 Å². The first-order valence-corrected chi connectivity index (χ1v) is 8.17. The third kappa shape index (κ3) is 3.39. The number of rotatable bonds is 4. The maximum absolute atomic E-state index is 11.9. The number of hydrogen-bond donors (Lipinski definition) is 1. The molecule has 1 amide bonds. The van der Waals surface area contributed by atoms with Gasteiger partial charge in [-0.1, -0.05) is 0 Å². The Morgan fingerprint density at radius 2 is 2.00 bits per heavy atom. The highest BCUT2D eigenvalue weighted by molar-refractivity contribution is 8.13. The lowest BCUT2D eigenvalue weighted by atomic mass is 10.2. The van der Waals surface area contributed by atoms with Crippen LogP contribution in [0.2, 0.25) is 0 Å². The molecule has 0 aromatic heterocycles. The molecule has 0 atom stereocenters. The van der Waals surface area contributed by atoms with E-state index in [0.29, 0.717) is 11.3 Å². The molecule has 0 radical (unpaired) electrons. The molecular formula is C12H15ClN2O3S. The Hall–Kier alpha value is -1.27. The summed E-state index contributed by atoms with van der Waals surface area (Å²) in [7, 11) is 4.95. The molecule has 1 N–H and O–H groups in total. The minimum atomic E-state index is -3.90. The number of amides is 1. The van der Waals surface area contributed by atoms with E-state index in [1.54, 1.807) is 31.1 Å². The molecule has 0 bridgehead atoms. The fourth-order valence-corrected chi connectivity index (χ4v) is 2.86. The maximum Gasteiger partial charge on any atom is 0.263 e. The molecular weight excluding hydrogens is 288 g/mol. The van der Waals surface area contributed by atoms with Gasteiger partial charge in [0.15, 0.2) is 0 Å². The van der Waals surface area contributed by atoms with Gasteiger partial charge in [0.25, 0.3) is 15.0 Å². The smallest absolute Gasteiger partial charge is 0.263 e. The molecule has 2 rings (SSSR count). The summed E-state index contributed by atoms with van der Waals surface area (Å²) in [5.74, 6) is -0.269. The molecule has 0 spiro atoms. The number of nitrogens with one attached hydrogen (secondary N) is 1. The maximum atomic E-state index is 11.9. The molecule has 5 nitrogen and oxygen atoms in total. The van der Waals surface area contributed by atoms with Gasteiger partial charge in [-0.3, -0.25) is 4.79 Å². The normalized spacial score (nSPS) is 15.1. The molecule has 104 valence electrons. The summed E-state index contributed by atoms with van der Waals surface area (Å²) in [6.07, 6.45) is 1.95. The fourth-order valence-electron chi connectivity index (χ4n) is 1.72. The van der Waals surface area contributed by atoms with Crippen molar-refractivity contribution in [2.24, 2.45) is 0 Å². The number of carbonyl (C=O) groups is 1. The van der Waals surface area contributed by atoms with Crippen LogP contribution < -0.4 is 10.2 Å². The second kappa shape index (κ2) is 5.02. The van der Waals surface area contributed by atoms with Gasteiger partial charge in [0.1, 0.15) is 4.90 Å². The van der Waals surface area contributed by atoms with Crippen molar-refractivity contribution in [3.63, 3.8) is 0 Å². The quantitative estimate of drug-likeness (QED) is 0.858. The first-order valence-electron chi connectivity index (χ1n) is 5.86. The van der Waals surface area contributed by atoms with Crippen LogP contribution in [0.3, 0.4) is 0 Å². The van der Waals surface area contributed by atoms with Gasteiger partial charge in [-0.15, -0.1) is 0 Å². The molecule has 0 unspecified atom stereocenters. The average molecular weight is 303 g/mol. The zero-order chi connectivity index (χ0) is 14.2. The lowest BCUT2D eigenvalue weighted by Gasteiger charge is -2.16. The third-order valence-electron chi connectivity index (χ3n) is 2.88. The molecule has 1 aliphatic carbocycles. The van der Waals surface area contributed by atoms with E-state index in [4.69, 9.17) is 10.7 Å². The van der Waals surface area contributed by atoms with Gasteiger partial charge in [0.2, 0.25) is 0 Å². The Morgan fingerprint density at radius 3 is 2.47 bits per heavy atom. The molecule has 0 aliphatic heterocycles. The fraction of sp³-hybridized carbons (Fsp3) is 0.417. The summed E-state index contributed by atoms with van der Waals surface area (Å²) >= 11 is 0. The second-order valence-corrected chi connectivity index (χ2v) is 7.30. The van der Waals surface area contributed by atoms with Gasteiger partial charge in [-0.2, -0.15) is 0 Å². The monoisotopic (exact) mass is 302 g/mol. The van der Waals surface area contributed by atoms with E-state index < -0.39 is 9.05 Å². The highest BCUT2D eigenvalue weighted by atomic mass is 35.7. The van der Waals surface area contributed by atoms with Gasteiger partial charge in [0.05, 0.1) is 5.69 Å². The zero-order valence-corrected chi connectivity index (χ0v) is 12.3.